The van der Waals surface area contributed by atoms with Crippen LogP contribution < -0.4 is 10.6 Å². The first kappa shape index (κ1) is 20.8. The number of nitrogens with zero attached hydrogens (tertiary/aromatic N) is 3. The van der Waals surface area contributed by atoms with Crippen LogP contribution in [0.3, 0.4) is 0 Å². The van der Waals surface area contributed by atoms with Gasteiger partial charge in [0.25, 0.3) is 5.91 Å². The number of aliphatic hydroxyl groups excluding tert-OH is 1. The number of carbonyl (C=O) groups excluding carboxylic acids is 1. The van der Waals surface area contributed by atoms with Crippen molar-refractivity contribution in [3.05, 3.63) is 76.9 Å². The van der Waals surface area contributed by atoms with E-state index in [1.165, 1.54) is 11.1 Å². The molecule has 2 aromatic heterocycles. The number of fused-ring (bicyclic) bond motifs is 1. The van der Waals surface area contributed by atoms with Crippen LogP contribution in [0.5, 0.6) is 0 Å². The Labute approximate surface area is 186 Å². The van der Waals surface area contributed by atoms with Crippen molar-refractivity contribution < 1.29 is 14.6 Å². The van der Waals surface area contributed by atoms with Crippen LogP contribution in [0.25, 0.3) is 5.69 Å². The van der Waals surface area contributed by atoms with Gasteiger partial charge in [-0.2, -0.15) is 5.10 Å². The third-order valence-corrected chi connectivity index (χ3v) is 6.12. The van der Waals surface area contributed by atoms with Crippen molar-refractivity contribution in [3.63, 3.8) is 0 Å². The first-order valence-electron chi connectivity index (χ1n) is 11.1. The summed E-state index contributed by atoms with van der Waals surface area (Å²) in [6, 6.07) is 11.8. The predicted molar refractivity (Wildman–Crippen MR) is 119 cm³/mol. The third-order valence-electron chi connectivity index (χ3n) is 6.12. The van der Waals surface area contributed by atoms with E-state index in [4.69, 9.17) is 4.74 Å². The molecule has 32 heavy (non-hydrogen) atoms. The number of hydrogen-bond acceptors (Lipinski definition) is 6. The second-order valence-corrected chi connectivity index (χ2v) is 8.32. The summed E-state index contributed by atoms with van der Waals surface area (Å²) in [4.78, 5) is 17.6. The Morgan fingerprint density at radius 3 is 2.97 bits per heavy atom. The average molecular weight is 434 g/mol. The highest BCUT2D eigenvalue weighted by molar-refractivity contribution is 5.93. The number of aromatic nitrogens is 3. The lowest BCUT2D eigenvalue weighted by molar-refractivity contribution is -0.0261. The summed E-state index contributed by atoms with van der Waals surface area (Å²) in [5.74, 6) is -0.250. The zero-order valence-electron chi connectivity index (χ0n) is 17.8. The van der Waals surface area contributed by atoms with Gasteiger partial charge in [0, 0.05) is 25.5 Å². The van der Waals surface area contributed by atoms with Gasteiger partial charge in [-0.3, -0.25) is 4.79 Å². The topological polar surface area (TPSA) is 101 Å². The van der Waals surface area contributed by atoms with Crippen molar-refractivity contribution in [2.24, 2.45) is 0 Å². The van der Waals surface area contributed by atoms with Crippen LogP contribution in [0.1, 0.15) is 39.3 Å². The molecular weight excluding hydrogens is 406 g/mol. The number of carbonyl (C=O) groups is 1. The Hall–Kier alpha value is -3.07. The smallest absolute Gasteiger partial charge is 0.270 e. The Bertz CT molecular complexity index is 1080. The van der Waals surface area contributed by atoms with Crippen molar-refractivity contribution in [3.8, 4) is 5.69 Å². The van der Waals surface area contributed by atoms with Crippen LogP contribution in [0.2, 0.25) is 0 Å². The summed E-state index contributed by atoms with van der Waals surface area (Å²) in [5, 5.41) is 20.7. The minimum Gasteiger partial charge on any atom is -0.389 e. The van der Waals surface area contributed by atoms with Crippen LogP contribution in [0.15, 0.2) is 48.8 Å². The molecule has 0 aliphatic carbocycles. The molecule has 2 aliphatic heterocycles. The van der Waals surface area contributed by atoms with Gasteiger partial charge < -0.3 is 20.5 Å². The molecule has 0 radical (unpaired) electrons. The van der Waals surface area contributed by atoms with Gasteiger partial charge in [-0.25, -0.2) is 9.67 Å². The number of pyridine rings is 1. The van der Waals surface area contributed by atoms with E-state index in [1.807, 2.05) is 23.0 Å². The van der Waals surface area contributed by atoms with Crippen LogP contribution in [-0.2, 0) is 24.1 Å². The quantitative estimate of drug-likeness (QED) is 0.562. The summed E-state index contributed by atoms with van der Waals surface area (Å²) in [7, 11) is 0. The fourth-order valence-electron chi connectivity index (χ4n) is 4.37. The van der Waals surface area contributed by atoms with Crippen molar-refractivity contribution in [2.75, 3.05) is 19.8 Å². The lowest BCUT2D eigenvalue weighted by Crippen LogP contribution is -2.49. The van der Waals surface area contributed by atoms with E-state index >= 15 is 0 Å². The largest absolute Gasteiger partial charge is 0.389 e. The number of ether oxygens (including phenoxy) is 1. The molecule has 3 N–H and O–H groups in total. The van der Waals surface area contributed by atoms with Crippen molar-refractivity contribution >= 4 is 5.91 Å². The highest BCUT2D eigenvalue weighted by Gasteiger charge is 2.27. The molecule has 1 fully saturated rings. The Kier molecular flexibility index (Phi) is 5.98. The summed E-state index contributed by atoms with van der Waals surface area (Å²) >= 11 is 0. The molecule has 4 heterocycles. The number of hydrogen-bond donors (Lipinski definition) is 3. The standard InChI is InChI=1S/C24H27N5O3/c30-23-15-32-11-7-20(23)28-24(31)21-13-17(19-6-9-25-14-22(19)27-21)12-16-2-4-18(5-3-16)29-10-1-8-26-29/h1-5,8,10,13,20,23,25,30H,6-7,9,11-12,14-15H2,(H,28,31)/t20-,23+/m0/s1. The Morgan fingerprint density at radius 1 is 1.31 bits per heavy atom. The zero-order valence-corrected chi connectivity index (χ0v) is 17.8. The number of benzene rings is 1. The number of aliphatic hydroxyl groups is 1. The minimum absolute atomic E-state index is 0.242. The van der Waals surface area contributed by atoms with Crippen LogP contribution in [0.4, 0.5) is 0 Å². The average Bonchev–Trinajstić information content (AvgIpc) is 3.36. The van der Waals surface area contributed by atoms with Crippen molar-refractivity contribution in [1.82, 2.24) is 25.4 Å². The molecule has 0 saturated carbocycles. The monoisotopic (exact) mass is 433 g/mol. The van der Waals surface area contributed by atoms with Gasteiger partial charge in [0.05, 0.1) is 30.1 Å². The molecule has 1 saturated heterocycles. The molecule has 5 rings (SSSR count). The Balaban J connectivity index is 1.39. The minimum atomic E-state index is -0.695. The molecule has 0 spiro atoms. The molecule has 8 nitrogen and oxygen atoms in total. The van der Waals surface area contributed by atoms with Crippen molar-refractivity contribution in [2.45, 2.75) is 38.0 Å². The molecule has 1 amide bonds. The van der Waals surface area contributed by atoms with Crippen LogP contribution >= 0.6 is 0 Å². The Morgan fingerprint density at radius 2 is 2.19 bits per heavy atom. The molecule has 2 aliphatic rings. The van der Waals surface area contributed by atoms with Gasteiger partial charge in [-0.05, 0) is 66.8 Å². The van der Waals surface area contributed by atoms with Gasteiger partial charge in [0.2, 0.25) is 0 Å². The molecule has 2 atom stereocenters. The lowest BCUT2D eigenvalue weighted by atomic mass is 9.94. The van der Waals surface area contributed by atoms with E-state index in [2.05, 4.69) is 45.0 Å². The van der Waals surface area contributed by atoms with Gasteiger partial charge in [-0.1, -0.05) is 12.1 Å². The molecule has 166 valence electrons. The zero-order chi connectivity index (χ0) is 21.9. The molecule has 0 bridgehead atoms. The van der Waals surface area contributed by atoms with E-state index in [-0.39, 0.29) is 18.6 Å². The summed E-state index contributed by atoms with van der Waals surface area (Å²) in [5.41, 5.74) is 5.85. The van der Waals surface area contributed by atoms with E-state index in [9.17, 15) is 9.90 Å². The van der Waals surface area contributed by atoms with E-state index in [0.717, 1.165) is 36.3 Å². The first-order chi connectivity index (χ1) is 15.7. The molecule has 8 heteroatoms. The number of amides is 1. The fourth-order valence-corrected chi connectivity index (χ4v) is 4.37. The van der Waals surface area contributed by atoms with Gasteiger partial charge in [0.15, 0.2) is 0 Å². The van der Waals surface area contributed by atoms with Gasteiger partial charge in [0.1, 0.15) is 5.69 Å². The predicted octanol–water partition coefficient (Wildman–Crippen LogP) is 1.38. The van der Waals surface area contributed by atoms with E-state index < -0.39 is 6.10 Å². The van der Waals surface area contributed by atoms with E-state index in [0.29, 0.717) is 25.3 Å². The van der Waals surface area contributed by atoms with Gasteiger partial charge >= 0.3 is 0 Å². The highest BCUT2D eigenvalue weighted by atomic mass is 16.5. The SMILES string of the molecule is O=C(N[C@H]1CCOC[C@H]1O)c1cc(Cc2ccc(-n3cccn3)cc2)c2c(n1)CNCC2. The first-order valence-corrected chi connectivity index (χ1v) is 11.1. The summed E-state index contributed by atoms with van der Waals surface area (Å²) < 4.78 is 7.09. The number of nitrogens with one attached hydrogen (secondary N) is 2. The summed E-state index contributed by atoms with van der Waals surface area (Å²) in [6.07, 6.45) is 5.20. The molecule has 0 unspecified atom stereocenters. The van der Waals surface area contributed by atoms with Crippen molar-refractivity contribution in [1.29, 1.82) is 0 Å². The molecule has 1 aromatic carbocycles. The van der Waals surface area contributed by atoms with E-state index in [1.54, 1.807) is 6.20 Å². The second-order valence-electron chi connectivity index (χ2n) is 8.32. The van der Waals surface area contributed by atoms with Gasteiger partial charge in [-0.15, -0.1) is 0 Å². The fraction of sp³-hybridized carbons (Fsp3) is 0.375. The highest BCUT2D eigenvalue weighted by Crippen LogP contribution is 2.23. The van der Waals surface area contributed by atoms with Crippen LogP contribution in [0, 0.1) is 0 Å². The number of rotatable bonds is 5. The maximum Gasteiger partial charge on any atom is 0.270 e. The third kappa shape index (κ3) is 4.43. The maximum atomic E-state index is 13.0. The summed E-state index contributed by atoms with van der Waals surface area (Å²) in [6.45, 7) is 2.33. The lowest BCUT2D eigenvalue weighted by Gasteiger charge is -2.28. The van der Waals surface area contributed by atoms with Crippen LogP contribution in [-0.4, -0.2) is 57.7 Å². The normalized spacial score (nSPS) is 20.5. The second kappa shape index (κ2) is 9.20. The maximum absolute atomic E-state index is 13.0. The molecular formula is C24H27N5O3. The molecule has 3 aromatic rings.